The van der Waals surface area contributed by atoms with E-state index in [2.05, 4.69) is 26.1 Å². The van der Waals surface area contributed by atoms with E-state index in [4.69, 9.17) is 0 Å². The molecule has 0 saturated carbocycles. The van der Waals surface area contributed by atoms with Gasteiger partial charge in [0, 0.05) is 19.6 Å². The summed E-state index contributed by atoms with van der Waals surface area (Å²) in [5.74, 6) is 1.50. The summed E-state index contributed by atoms with van der Waals surface area (Å²) in [7, 11) is 0. The highest BCUT2D eigenvalue weighted by molar-refractivity contribution is 5.78. The third-order valence-electron chi connectivity index (χ3n) is 2.83. The van der Waals surface area contributed by atoms with Gasteiger partial charge in [-0.05, 0) is 11.8 Å². The van der Waals surface area contributed by atoms with E-state index in [0.717, 1.165) is 19.6 Å². The molecule has 1 rings (SSSR count). The molecular weight excluding hydrogens is 164 g/mol. The van der Waals surface area contributed by atoms with Crippen LogP contribution in [0.15, 0.2) is 0 Å². The van der Waals surface area contributed by atoms with Gasteiger partial charge < -0.3 is 10.2 Å². The fourth-order valence-corrected chi connectivity index (χ4v) is 1.40. The van der Waals surface area contributed by atoms with Crippen molar-refractivity contribution in [2.75, 3.05) is 26.2 Å². The average molecular weight is 184 g/mol. The van der Waals surface area contributed by atoms with E-state index in [0.29, 0.717) is 18.4 Å². The van der Waals surface area contributed by atoms with Crippen molar-refractivity contribution in [1.29, 1.82) is 0 Å². The largest absolute Gasteiger partial charge is 0.340 e. The third-order valence-corrected chi connectivity index (χ3v) is 2.83. The quantitative estimate of drug-likeness (QED) is 0.700. The highest BCUT2D eigenvalue weighted by atomic mass is 16.2. The fraction of sp³-hybridized carbons (Fsp3) is 0.900. The zero-order valence-corrected chi connectivity index (χ0v) is 8.84. The zero-order valence-electron chi connectivity index (χ0n) is 8.84. The number of amides is 1. The summed E-state index contributed by atoms with van der Waals surface area (Å²) in [5, 5.41) is 3.08. The number of rotatable bonds is 3. The molecule has 1 aliphatic heterocycles. The van der Waals surface area contributed by atoms with E-state index in [1.54, 1.807) is 0 Å². The second-order valence-corrected chi connectivity index (χ2v) is 4.24. The van der Waals surface area contributed by atoms with Gasteiger partial charge in [-0.1, -0.05) is 20.8 Å². The molecule has 76 valence electrons. The van der Waals surface area contributed by atoms with Gasteiger partial charge in [0.25, 0.3) is 0 Å². The molecular formula is C10H20N2O. The molecule has 0 bridgehead atoms. The lowest BCUT2D eigenvalue weighted by Gasteiger charge is -2.31. The molecule has 1 saturated heterocycles. The summed E-state index contributed by atoms with van der Waals surface area (Å²) in [6.07, 6.45) is 0. The summed E-state index contributed by atoms with van der Waals surface area (Å²) in [4.78, 5) is 13.4. The van der Waals surface area contributed by atoms with Gasteiger partial charge in [0.05, 0.1) is 6.54 Å². The fourth-order valence-electron chi connectivity index (χ4n) is 1.40. The van der Waals surface area contributed by atoms with Gasteiger partial charge in [-0.2, -0.15) is 0 Å². The van der Waals surface area contributed by atoms with Crippen LogP contribution >= 0.6 is 0 Å². The first-order valence-electron chi connectivity index (χ1n) is 5.09. The Kier molecular flexibility index (Phi) is 3.72. The molecule has 1 amide bonds. The Balaban J connectivity index is 2.38. The molecule has 13 heavy (non-hydrogen) atoms. The van der Waals surface area contributed by atoms with Gasteiger partial charge >= 0.3 is 0 Å². The number of carbonyl (C=O) groups is 1. The minimum Gasteiger partial charge on any atom is -0.340 e. The van der Waals surface area contributed by atoms with E-state index in [1.807, 2.05) is 4.90 Å². The summed E-state index contributed by atoms with van der Waals surface area (Å²) in [5.41, 5.74) is 0. The van der Waals surface area contributed by atoms with Crippen molar-refractivity contribution in [3.8, 4) is 0 Å². The molecule has 0 radical (unpaired) electrons. The number of nitrogens with one attached hydrogen (secondary N) is 1. The molecule has 1 aliphatic rings. The zero-order chi connectivity index (χ0) is 9.84. The molecule has 1 atom stereocenters. The molecule has 3 heteroatoms. The molecule has 0 aliphatic carbocycles. The van der Waals surface area contributed by atoms with Crippen molar-refractivity contribution >= 4 is 5.91 Å². The summed E-state index contributed by atoms with van der Waals surface area (Å²) >= 11 is 0. The van der Waals surface area contributed by atoms with E-state index < -0.39 is 0 Å². The second-order valence-electron chi connectivity index (χ2n) is 4.24. The Labute approximate surface area is 80.5 Å². The van der Waals surface area contributed by atoms with Gasteiger partial charge in [-0.3, -0.25) is 4.79 Å². The van der Waals surface area contributed by atoms with E-state index in [-0.39, 0.29) is 5.91 Å². The van der Waals surface area contributed by atoms with Crippen LogP contribution in [0.1, 0.15) is 20.8 Å². The summed E-state index contributed by atoms with van der Waals surface area (Å²) < 4.78 is 0. The molecule has 0 aromatic carbocycles. The maximum Gasteiger partial charge on any atom is 0.236 e. The Hall–Kier alpha value is -0.570. The number of piperazine rings is 1. The maximum atomic E-state index is 11.4. The van der Waals surface area contributed by atoms with Gasteiger partial charge in [0.1, 0.15) is 0 Å². The van der Waals surface area contributed by atoms with Crippen LogP contribution in [0.3, 0.4) is 0 Å². The van der Waals surface area contributed by atoms with Crippen LogP contribution in [0.4, 0.5) is 0 Å². The Morgan fingerprint density at radius 1 is 1.46 bits per heavy atom. The predicted molar refractivity (Wildman–Crippen MR) is 53.5 cm³/mol. The lowest BCUT2D eigenvalue weighted by molar-refractivity contribution is -0.132. The average Bonchev–Trinajstić information content (AvgIpc) is 2.08. The molecule has 0 aromatic rings. The number of hydrogen-bond acceptors (Lipinski definition) is 2. The molecule has 0 aromatic heterocycles. The molecule has 1 unspecified atom stereocenters. The van der Waals surface area contributed by atoms with Gasteiger partial charge in [-0.25, -0.2) is 0 Å². The van der Waals surface area contributed by atoms with Crippen molar-refractivity contribution in [3.05, 3.63) is 0 Å². The minimum absolute atomic E-state index is 0.249. The van der Waals surface area contributed by atoms with Gasteiger partial charge in [-0.15, -0.1) is 0 Å². The lowest BCUT2D eigenvalue weighted by atomic mass is 9.97. The molecule has 1 heterocycles. The lowest BCUT2D eigenvalue weighted by Crippen LogP contribution is -2.49. The summed E-state index contributed by atoms with van der Waals surface area (Å²) in [6, 6.07) is 0. The van der Waals surface area contributed by atoms with Crippen LogP contribution in [0, 0.1) is 11.8 Å². The second kappa shape index (κ2) is 4.61. The third kappa shape index (κ3) is 2.99. The van der Waals surface area contributed by atoms with Crippen molar-refractivity contribution in [3.63, 3.8) is 0 Å². The van der Waals surface area contributed by atoms with Crippen LogP contribution in [0.2, 0.25) is 0 Å². The number of carbonyl (C=O) groups excluding carboxylic acids is 1. The van der Waals surface area contributed by atoms with Crippen LogP contribution in [-0.4, -0.2) is 37.0 Å². The predicted octanol–water partition coefficient (Wildman–Crippen LogP) is 0.710. The van der Waals surface area contributed by atoms with E-state index in [1.165, 1.54) is 0 Å². The number of hydrogen-bond donors (Lipinski definition) is 1. The highest BCUT2D eigenvalue weighted by Crippen LogP contribution is 2.11. The normalized spacial score (nSPS) is 20.9. The molecule has 0 spiro atoms. The standard InChI is InChI=1S/C10H20N2O/c1-8(2)9(3)7-12-5-4-11-6-10(12)13/h8-9,11H,4-7H2,1-3H3. The topological polar surface area (TPSA) is 32.3 Å². The van der Waals surface area contributed by atoms with Crippen molar-refractivity contribution in [2.24, 2.45) is 11.8 Å². The van der Waals surface area contributed by atoms with Crippen LogP contribution in [0.25, 0.3) is 0 Å². The van der Waals surface area contributed by atoms with Crippen molar-refractivity contribution in [1.82, 2.24) is 10.2 Å². The first-order chi connectivity index (χ1) is 6.11. The van der Waals surface area contributed by atoms with E-state index in [9.17, 15) is 4.79 Å². The van der Waals surface area contributed by atoms with Gasteiger partial charge in [0.15, 0.2) is 0 Å². The first kappa shape index (κ1) is 10.5. The Morgan fingerprint density at radius 3 is 2.69 bits per heavy atom. The summed E-state index contributed by atoms with van der Waals surface area (Å²) in [6.45, 7) is 9.87. The number of nitrogens with zero attached hydrogens (tertiary/aromatic N) is 1. The highest BCUT2D eigenvalue weighted by Gasteiger charge is 2.20. The van der Waals surface area contributed by atoms with E-state index >= 15 is 0 Å². The monoisotopic (exact) mass is 184 g/mol. The Morgan fingerprint density at radius 2 is 2.15 bits per heavy atom. The molecule has 1 fully saturated rings. The van der Waals surface area contributed by atoms with Gasteiger partial charge in [0.2, 0.25) is 5.91 Å². The van der Waals surface area contributed by atoms with Crippen LogP contribution < -0.4 is 5.32 Å². The first-order valence-corrected chi connectivity index (χ1v) is 5.09. The SMILES string of the molecule is CC(C)C(C)CN1CCNCC1=O. The smallest absolute Gasteiger partial charge is 0.236 e. The minimum atomic E-state index is 0.249. The van der Waals surface area contributed by atoms with Crippen LogP contribution in [-0.2, 0) is 4.79 Å². The molecule has 1 N–H and O–H groups in total. The van der Waals surface area contributed by atoms with Crippen molar-refractivity contribution in [2.45, 2.75) is 20.8 Å². The van der Waals surface area contributed by atoms with Crippen molar-refractivity contribution < 1.29 is 4.79 Å². The van der Waals surface area contributed by atoms with Crippen LogP contribution in [0.5, 0.6) is 0 Å². The molecule has 3 nitrogen and oxygen atoms in total. The maximum absolute atomic E-state index is 11.4. The Bertz CT molecular complexity index is 180.